The standard InChI is InChI=1S/C58H100NO8P/c1-3-5-7-9-11-13-15-16-17-18-19-20-21-22-23-24-25-26-27-28-29-30-31-32-33-34-35-36-37-38-39-40-41-43-45-47-49-51-58(61)67-56(55-66-68(62,63)65-53-52-59)54-64-57(60)50-48-46-44-42-14-12-10-8-6-4-2/h5,7,11,13,16-17,19-20,22-23,25-26,28-29,31-32,56H,3-4,6,8-10,12,14-15,18,21,24,27,30,33-55,59H2,1-2H3,(H,62,63)/b7-5-,13-11-,17-16-,20-19-,23-22-,26-25-,29-28-,32-31-. The highest BCUT2D eigenvalue weighted by Crippen LogP contribution is 2.43. The number of hydrogen-bond donors (Lipinski definition) is 2. The van der Waals surface area contributed by atoms with Crippen molar-refractivity contribution in [2.24, 2.45) is 5.73 Å². The molecule has 0 radical (unpaired) electrons. The Bertz CT molecular complexity index is 1430. The van der Waals surface area contributed by atoms with Crippen LogP contribution in [0.2, 0.25) is 0 Å². The number of rotatable bonds is 50. The van der Waals surface area contributed by atoms with Crippen LogP contribution in [0.5, 0.6) is 0 Å². The Morgan fingerprint density at radius 1 is 0.456 bits per heavy atom. The van der Waals surface area contributed by atoms with E-state index in [-0.39, 0.29) is 38.6 Å². The van der Waals surface area contributed by atoms with Crippen LogP contribution in [0.1, 0.15) is 226 Å². The highest BCUT2D eigenvalue weighted by Gasteiger charge is 2.26. The molecular weight excluding hydrogens is 870 g/mol. The Kier molecular flexibility index (Phi) is 50.9. The molecule has 390 valence electrons. The van der Waals surface area contributed by atoms with Gasteiger partial charge in [-0.1, -0.05) is 233 Å². The number of allylic oxidation sites excluding steroid dienone is 16. The monoisotopic (exact) mass is 970 g/mol. The van der Waals surface area contributed by atoms with Gasteiger partial charge in [-0.3, -0.25) is 18.6 Å². The average Bonchev–Trinajstić information content (AvgIpc) is 3.33. The lowest BCUT2D eigenvalue weighted by atomic mass is 10.0. The Morgan fingerprint density at radius 2 is 0.809 bits per heavy atom. The summed E-state index contributed by atoms with van der Waals surface area (Å²) in [4.78, 5) is 34.9. The van der Waals surface area contributed by atoms with E-state index in [2.05, 4.69) is 111 Å². The summed E-state index contributed by atoms with van der Waals surface area (Å²) < 4.78 is 32.8. The molecule has 0 aromatic carbocycles. The Balaban J connectivity index is 3.90. The maximum atomic E-state index is 12.6. The SMILES string of the molecule is CC/C=C\C/C=C\C/C=C\C/C=C\C/C=C\C/C=C\C/C=C\C/C=C\CCCCCCCCCCCCCCC(=O)OC(COC(=O)CCCCCCCCCCCC)COP(=O)(O)OCCN. The Hall–Kier alpha value is -3.07. The van der Waals surface area contributed by atoms with Crippen LogP contribution < -0.4 is 5.73 Å². The van der Waals surface area contributed by atoms with Crippen LogP contribution in [0.4, 0.5) is 0 Å². The van der Waals surface area contributed by atoms with Gasteiger partial charge in [0, 0.05) is 19.4 Å². The first-order chi connectivity index (χ1) is 33.3. The molecular formula is C58H100NO8P. The van der Waals surface area contributed by atoms with E-state index in [1.165, 1.54) is 103 Å². The summed E-state index contributed by atoms with van der Waals surface area (Å²) in [7, 11) is -4.38. The quantitative estimate of drug-likeness (QED) is 0.0264. The molecule has 0 saturated carbocycles. The summed E-state index contributed by atoms with van der Waals surface area (Å²) in [5.74, 6) is -0.833. The lowest BCUT2D eigenvalue weighted by Gasteiger charge is -2.19. The number of ether oxygens (including phenoxy) is 2. The zero-order valence-electron chi connectivity index (χ0n) is 43.3. The second-order valence-electron chi connectivity index (χ2n) is 17.7. The Morgan fingerprint density at radius 3 is 1.21 bits per heavy atom. The zero-order valence-corrected chi connectivity index (χ0v) is 44.2. The molecule has 0 rings (SSSR count). The van der Waals surface area contributed by atoms with E-state index in [4.69, 9.17) is 24.3 Å². The third-order valence-electron chi connectivity index (χ3n) is 11.2. The zero-order chi connectivity index (χ0) is 49.5. The highest BCUT2D eigenvalue weighted by molar-refractivity contribution is 7.47. The number of carbonyl (C=O) groups excluding carboxylic acids is 2. The fourth-order valence-electron chi connectivity index (χ4n) is 7.24. The second-order valence-corrected chi connectivity index (χ2v) is 19.2. The van der Waals surface area contributed by atoms with Crippen LogP contribution in [0.15, 0.2) is 97.2 Å². The minimum absolute atomic E-state index is 0.0508. The van der Waals surface area contributed by atoms with Crippen molar-refractivity contribution in [1.29, 1.82) is 0 Å². The maximum Gasteiger partial charge on any atom is 0.472 e. The number of unbranched alkanes of at least 4 members (excludes halogenated alkanes) is 21. The van der Waals surface area contributed by atoms with Crippen molar-refractivity contribution in [3.05, 3.63) is 97.2 Å². The van der Waals surface area contributed by atoms with Gasteiger partial charge in [-0.25, -0.2) is 4.57 Å². The lowest BCUT2D eigenvalue weighted by Crippen LogP contribution is -2.29. The van der Waals surface area contributed by atoms with Crippen LogP contribution in [-0.4, -0.2) is 49.3 Å². The predicted octanol–water partition coefficient (Wildman–Crippen LogP) is 16.9. The van der Waals surface area contributed by atoms with E-state index in [1.807, 2.05) is 0 Å². The molecule has 10 heteroatoms. The first-order valence-electron chi connectivity index (χ1n) is 27.2. The fraction of sp³-hybridized carbons (Fsp3) is 0.690. The molecule has 3 N–H and O–H groups in total. The number of phosphoric acid groups is 1. The van der Waals surface area contributed by atoms with Crippen molar-refractivity contribution in [3.63, 3.8) is 0 Å². The summed E-state index contributed by atoms with van der Waals surface area (Å²) in [6.07, 6.45) is 70.4. The largest absolute Gasteiger partial charge is 0.472 e. The van der Waals surface area contributed by atoms with Gasteiger partial charge in [-0.2, -0.15) is 0 Å². The molecule has 0 fully saturated rings. The van der Waals surface area contributed by atoms with Gasteiger partial charge in [0.2, 0.25) is 0 Å². The summed E-state index contributed by atoms with van der Waals surface area (Å²) in [5, 5.41) is 0. The molecule has 68 heavy (non-hydrogen) atoms. The lowest BCUT2D eigenvalue weighted by molar-refractivity contribution is -0.161. The summed E-state index contributed by atoms with van der Waals surface area (Å²) >= 11 is 0. The molecule has 0 saturated heterocycles. The van der Waals surface area contributed by atoms with Crippen molar-refractivity contribution < 1.29 is 37.6 Å². The minimum atomic E-state index is -4.38. The van der Waals surface area contributed by atoms with Crippen LogP contribution in [-0.2, 0) is 32.7 Å². The molecule has 0 bridgehead atoms. The van der Waals surface area contributed by atoms with Gasteiger partial charge in [0.1, 0.15) is 6.61 Å². The highest BCUT2D eigenvalue weighted by atomic mass is 31.2. The fourth-order valence-corrected chi connectivity index (χ4v) is 8.00. The van der Waals surface area contributed by atoms with Crippen molar-refractivity contribution in [1.82, 2.24) is 0 Å². The molecule has 2 unspecified atom stereocenters. The van der Waals surface area contributed by atoms with Gasteiger partial charge < -0.3 is 20.1 Å². The first kappa shape index (κ1) is 64.9. The molecule has 0 aliphatic rings. The topological polar surface area (TPSA) is 134 Å². The minimum Gasteiger partial charge on any atom is -0.462 e. The number of nitrogens with two attached hydrogens (primary N) is 1. The van der Waals surface area contributed by atoms with Gasteiger partial charge in [-0.05, 0) is 77.0 Å². The molecule has 0 amide bonds. The van der Waals surface area contributed by atoms with E-state index < -0.39 is 26.5 Å². The molecule has 0 aromatic heterocycles. The molecule has 2 atom stereocenters. The smallest absolute Gasteiger partial charge is 0.462 e. The number of carbonyl (C=O) groups is 2. The first-order valence-corrected chi connectivity index (χ1v) is 28.7. The van der Waals surface area contributed by atoms with Gasteiger partial charge in [-0.15, -0.1) is 0 Å². The molecule has 0 aliphatic carbocycles. The number of phosphoric ester groups is 1. The number of hydrogen-bond acceptors (Lipinski definition) is 8. The van der Waals surface area contributed by atoms with Gasteiger partial charge in [0.05, 0.1) is 13.2 Å². The van der Waals surface area contributed by atoms with Gasteiger partial charge in [0.15, 0.2) is 6.10 Å². The van der Waals surface area contributed by atoms with Crippen molar-refractivity contribution in [3.8, 4) is 0 Å². The van der Waals surface area contributed by atoms with E-state index in [0.29, 0.717) is 6.42 Å². The molecule has 0 spiro atoms. The van der Waals surface area contributed by atoms with Crippen LogP contribution in [0, 0.1) is 0 Å². The summed E-state index contributed by atoms with van der Waals surface area (Å²) in [5.41, 5.74) is 5.36. The summed E-state index contributed by atoms with van der Waals surface area (Å²) in [6, 6.07) is 0. The predicted molar refractivity (Wildman–Crippen MR) is 288 cm³/mol. The second kappa shape index (κ2) is 53.3. The molecule has 0 aromatic rings. The van der Waals surface area contributed by atoms with E-state index >= 15 is 0 Å². The van der Waals surface area contributed by atoms with Gasteiger partial charge in [0.25, 0.3) is 0 Å². The number of esters is 2. The van der Waals surface area contributed by atoms with Crippen molar-refractivity contribution in [2.45, 2.75) is 232 Å². The Labute approximate surface area is 416 Å². The van der Waals surface area contributed by atoms with E-state index in [9.17, 15) is 19.0 Å². The van der Waals surface area contributed by atoms with Crippen molar-refractivity contribution >= 4 is 19.8 Å². The maximum absolute atomic E-state index is 12.6. The van der Waals surface area contributed by atoms with Crippen LogP contribution >= 0.6 is 7.82 Å². The van der Waals surface area contributed by atoms with Gasteiger partial charge >= 0.3 is 19.8 Å². The normalized spacial score (nSPS) is 13.9. The van der Waals surface area contributed by atoms with E-state index in [1.54, 1.807) is 0 Å². The molecule has 0 heterocycles. The average molecular weight is 970 g/mol. The molecule has 9 nitrogen and oxygen atoms in total. The van der Waals surface area contributed by atoms with Crippen LogP contribution in [0.3, 0.4) is 0 Å². The van der Waals surface area contributed by atoms with Crippen LogP contribution in [0.25, 0.3) is 0 Å². The van der Waals surface area contributed by atoms with E-state index in [0.717, 1.165) is 89.9 Å². The van der Waals surface area contributed by atoms with Crippen molar-refractivity contribution in [2.75, 3.05) is 26.4 Å². The third kappa shape index (κ3) is 52.3. The third-order valence-corrected chi connectivity index (χ3v) is 12.2. The molecule has 0 aliphatic heterocycles. The summed E-state index contributed by atoms with van der Waals surface area (Å²) in [6.45, 7) is 3.60.